The molecule has 2 heterocycles. The minimum atomic E-state index is 0.309. The van der Waals surface area contributed by atoms with Crippen LogP contribution in [0.3, 0.4) is 0 Å². The molecule has 4 nitrogen and oxygen atoms in total. The van der Waals surface area contributed by atoms with Crippen LogP contribution in [0, 0.1) is 12.8 Å². The number of hydrogen-bond donors (Lipinski definition) is 0. The Balaban J connectivity index is 1.89. The number of amides is 1. The zero-order valence-corrected chi connectivity index (χ0v) is 13.7. The van der Waals surface area contributed by atoms with Crippen LogP contribution < -0.4 is 0 Å². The zero-order chi connectivity index (χ0) is 15.4. The van der Waals surface area contributed by atoms with Crippen molar-refractivity contribution in [1.29, 1.82) is 0 Å². The molecular weight excluding hydrogens is 262 g/mol. The summed E-state index contributed by atoms with van der Waals surface area (Å²) >= 11 is 0. The van der Waals surface area contributed by atoms with Crippen LogP contribution in [-0.2, 0) is 11.3 Å². The van der Waals surface area contributed by atoms with Crippen molar-refractivity contribution in [2.45, 2.75) is 46.2 Å². The number of carbonyl (C=O) groups is 1. The molecule has 21 heavy (non-hydrogen) atoms. The molecule has 1 saturated heterocycles. The van der Waals surface area contributed by atoms with Crippen LogP contribution in [0.15, 0.2) is 18.3 Å². The summed E-state index contributed by atoms with van der Waals surface area (Å²) in [5.74, 6) is 0.878. The van der Waals surface area contributed by atoms with Crippen molar-refractivity contribution in [3.05, 3.63) is 29.6 Å². The third-order valence-corrected chi connectivity index (χ3v) is 4.27. The first kappa shape index (κ1) is 16.0. The van der Waals surface area contributed by atoms with Crippen molar-refractivity contribution in [3.63, 3.8) is 0 Å². The average Bonchev–Trinajstić information content (AvgIpc) is 2.43. The average molecular weight is 289 g/mol. The normalized spacial score (nSPS) is 19.6. The molecular formula is C17H27N3O. The number of pyridine rings is 1. The molecule has 1 amide bonds. The largest absolute Gasteiger partial charge is 0.340 e. The van der Waals surface area contributed by atoms with Crippen molar-refractivity contribution in [3.8, 4) is 0 Å². The third-order valence-electron chi connectivity index (χ3n) is 4.27. The first-order chi connectivity index (χ1) is 9.97. The molecule has 0 aromatic carbocycles. The summed E-state index contributed by atoms with van der Waals surface area (Å²) in [7, 11) is 2.14. The molecule has 1 aliphatic rings. The lowest BCUT2D eigenvalue weighted by molar-refractivity contribution is -0.136. The van der Waals surface area contributed by atoms with E-state index in [4.69, 9.17) is 0 Å². The van der Waals surface area contributed by atoms with Crippen molar-refractivity contribution in [2.24, 2.45) is 5.92 Å². The van der Waals surface area contributed by atoms with Gasteiger partial charge in [-0.1, -0.05) is 6.07 Å². The van der Waals surface area contributed by atoms with Crippen LogP contribution in [0.4, 0.5) is 0 Å². The van der Waals surface area contributed by atoms with Crippen LogP contribution in [0.25, 0.3) is 0 Å². The minimum Gasteiger partial charge on any atom is -0.340 e. The first-order valence-corrected chi connectivity index (χ1v) is 7.86. The molecule has 0 spiro atoms. The van der Waals surface area contributed by atoms with E-state index in [1.165, 1.54) is 5.56 Å². The van der Waals surface area contributed by atoms with Gasteiger partial charge in [0, 0.05) is 38.3 Å². The van der Waals surface area contributed by atoms with E-state index in [1.807, 2.05) is 17.2 Å². The molecule has 1 aromatic heterocycles. The number of aryl methyl sites for hydroxylation is 1. The molecule has 0 aliphatic carbocycles. The van der Waals surface area contributed by atoms with Crippen molar-refractivity contribution in [1.82, 2.24) is 14.8 Å². The highest BCUT2D eigenvalue weighted by molar-refractivity contribution is 5.77. The third kappa shape index (κ3) is 4.27. The molecule has 1 atom stereocenters. The van der Waals surface area contributed by atoms with Gasteiger partial charge in [-0.2, -0.15) is 0 Å². The number of rotatable bonds is 5. The van der Waals surface area contributed by atoms with Gasteiger partial charge in [0.1, 0.15) is 0 Å². The molecule has 4 heteroatoms. The topological polar surface area (TPSA) is 36.4 Å². The summed E-state index contributed by atoms with van der Waals surface area (Å²) in [5.41, 5.74) is 2.39. The predicted octanol–water partition coefficient (Wildman–Crippen LogP) is 2.47. The van der Waals surface area contributed by atoms with E-state index in [1.54, 1.807) is 0 Å². The van der Waals surface area contributed by atoms with Gasteiger partial charge in [-0.25, -0.2) is 0 Å². The monoisotopic (exact) mass is 289 g/mol. The predicted molar refractivity (Wildman–Crippen MR) is 84.9 cm³/mol. The van der Waals surface area contributed by atoms with Crippen molar-refractivity contribution >= 4 is 5.91 Å². The molecule has 1 aliphatic heterocycles. The van der Waals surface area contributed by atoms with Crippen molar-refractivity contribution < 1.29 is 4.79 Å². The number of piperidine rings is 1. The van der Waals surface area contributed by atoms with Gasteiger partial charge in [0.25, 0.3) is 0 Å². The van der Waals surface area contributed by atoms with Gasteiger partial charge in [-0.15, -0.1) is 0 Å². The molecule has 2 rings (SSSR count). The second kappa shape index (κ2) is 7.03. The fourth-order valence-corrected chi connectivity index (χ4v) is 3.04. The Labute approximate surface area is 128 Å². The number of nitrogens with zero attached hydrogens (tertiary/aromatic N) is 3. The van der Waals surface area contributed by atoms with Gasteiger partial charge in [-0.05, 0) is 51.8 Å². The Morgan fingerprint density at radius 1 is 1.48 bits per heavy atom. The molecule has 0 N–H and O–H groups in total. The number of likely N-dealkylation sites (tertiary alicyclic amines) is 1. The quantitative estimate of drug-likeness (QED) is 0.835. The highest BCUT2D eigenvalue weighted by Gasteiger charge is 2.27. The van der Waals surface area contributed by atoms with E-state index in [9.17, 15) is 4.79 Å². The molecule has 0 saturated carbocycles. The summed E-state index contributed by atoms with van der Waals surface area (Å²) in [6, 6.07) is 4.39. The minimum absolute atomic E-state index is 0.309. The van der Waals surface area contributed by atoms with E-state index < -0.39 is 0 Å². The van der Waals surface area contributed by atoms with Gasteiger partial charge in [0.15, 0.2) is 0 Å². The smallest absolute Gasteiger partial charge is 0.222 e. The Morgan fingerprint density at radius 3 is 2.90 bits per heavy atom. The Bertz CT molecular complexity index is 487. The van der Waals surface area contributed by atoms with E-state index in [0.29, 0.717) is 24.3 Å². The maximum Gasteiger partial charge on any atom is 0.222 e. The highest BCUT2D eigenvalue weighted by atomic mass is 16.2. The van der Waals surface area contributed by atoms with E-state index in [-0.39, 0.29) is 0 Å². The van der Waals surface area contributed by atoms with Crippen LogP contribution in [0.1, 0.15) is 37.9 Å². The molecule has 1 aromatic rings. The Kier molecular flexibility index (Phi) is 5.34. The Hall–Kier alpha value is -1.42. The second-order valence-electron chi connectivity index (χ2n) is 6.51. The lowest BCUT2D eigenvalue weighted by Gasteiger charge is -2.37. The van der Waals surface area contributed by atoms with Crippen LogP contribution in [-0.4, -0.2) is 46.9 Å². The van der Waals surface area contributed by atoms with Gasteiger partial charge in [0.2, 0.25) is 5.91 Å². The summed E-state index contributed by atoms with van der Waals surface area (Å²) in [6.07, 6.45) is 3.56. The SMILES string of the molecule is Cc1cccnc1CN(C)CC1CCC(=O)N(C(C)C)C1. The van der Waals surface area contributed by atoms with E-state index >= 15 is 0 Å². The molecule has 116 valence electrons. The Morgan fingerprint density at radius 2 is 2.24 bits per heavy atom. The zero-order valence-electron chi connectivity index (χ0n) is 13.7. The fraction of sp³-hybridized carbons (Fsp3) is 0.647. The standard InChI is InChI=1S/C17H27N3O/c1-13(2)20-11-15(7-8-17(20)21)10-19(4)12-16-14(3)6-5-9-18-16/h5-6,9,13,15H,7-8,10-12H2,1-4H3. The second-order valence-corrected chi connectivity index (χ2v) is 6.51. The number of hydrogen-bond acceptors (Lipinski definition) is 3. The van der Waals surface area contributed by atoms with Gasteiger partial charge in [0.05, 0.1) is 5.69 Å². The van der Waals surface area contributed by atoms with Crippen molar-refractivity contribution in [2.75, 3.05) is 20.1 Å². The van der Waals surface area contributed by atoms with Gasteiger partial charge < -0.3 is 9.80 Å². The van der Waals surface area contributed by atoms with Crippen LogP contribution in [0.2, 0.25) is 0 Å². The van der Waals surface area contributed by atoms with E-state index in [0.717, 1.165) is 31.7 Å². The number of carbonyl (C=O) groups excluding carboxylic acids is 1. The molecule has 0 bridgehead atoms. The van der Waals surface area contributed by atoms with Gasteiger partial charge >= 0.3 is 0 Å². The summed E-state index contributed by atoms with van der Waals surface area (Å²) < 4.78 is 0. The van der Waals surface area contributed by atoms with Crippen LogP contribution in [0.5, 0.6) is 0 Å². The lowest BCUT2D eigenvalue weighted by Crippen LogP contribution is -2.46. The summed E-state index contributed by atoms with van der Waals surface area (Å²) in [4.78, 5) is 20.7. The van der Waals surface area contributed by atoms with Gasteiger partial charge in [-0.3, -0.25) is 9.78 Å². The van der Waals surface area contributed by atoms with Crippen LogP contribution >= 0.6 is 0 Å². The summed E-state index contributed by atoms with van der Waals surface area (Å²) in [5, 5.41) is 0. The molecule has 0 radical (unpaired) electrons. The maximum atomic E-state index is 11.9. The van der Waals surface area contributed by atoms with E-state index in [2.05, 4.69) is 43.8 Å². The lowest BCUT2D eigenvalue weighted by atomic mass is 9.96. The fourth-order valence-electron chi connectivity index (χ4n) is 3.04. The first-order valence-electron chi connectivity index (χ1n) is 7.86. The highest BCUT2D eigenvalue weighted by Crippen LogP contribution is 2.21. The molecule has 1 unspecified atom stereocenters. The molecule has 1 fully saturated rings. The summed E-state index contributed by atoms with van der Waals surface area (Å²) in [6.45, 7) is 9.09. The maximum absolute atomic E-state index is 11.9. The number of aromatic nitrogens is 1.